The molecule has 1 saturated heterocycles. The van der Waals surface area contributed by atoms with Crippen LogP contribution < -0.4 is 14.8 Å². The van der Waals surface area contributed by atoms with Gasteiger partial charge in [-0.3, -0.25) is 9.59 Å². The van der Waals surface area contributed by atoms with E-state index in [0.717, 1.165) is 19.5 Å². The van der Waals surface area contributed by atoms with E-state index in [9.17, 15) is 9.59 Å². The third-order valence-electron chi connectivity index (χ3n) is 5.11. The van der Waals surface area contributed by atoms with Gasteiger partial charge in [-0.2, -0.15) is 0 Å². The van der Waals surface area contributed by atoms with E-state index in [0.29, 0.717) is 41.4 Å². The van der Waals surface area contributed by atoms with Crippen LogP contribution in [0, 0.1) is 0 Å². The summed E-state index contributed by atoms with van der Waals surface area (Å²) in [5, 5.41) is 3.27. The van der Waals surface area contributed by atoms with Crippen molar-refractivity contribution < 1.29 is 19.1 Å². The normalized spacial score (nSPS) is 15.8. The second kappa shape index (κ2) is 9.56. The van der Waals surface area contributed by atoms with Crippen LogP contribution in [0.2, 0.25) is 0 Å². The Kier molecular flexibility index (Phi) is 6.88. The third-order valence-corrected chi connectivity index (χ3v) is 5.11. The average Bonchev–Trinajstić information content (AvgIpc) is 3.28. The molecular formula is C23H28N2O4. The molecule has 0 aliphatic carbocycles. The van der Waals surface area contributed by atoms with Crippen molar-refractivity contribution in [3.63, 3.8) is 0 Å². The van der Waals surface area contributed by atoms with Crippen LogP contribution in [0.1, 0.15) is 46.5 Å². The summed E-state index contributed by atoms with van der Waals surface area (Å²) in [7, 11) is 1.80. The van der Waals surface area contributed by atoms with Crippen LogP contribution in [0.3, 0.4) is 0 Å². The summed E-state index contributed by atoms with van der Waals surface area (Å²) in [5.74, 6) is 0.774. The van der Waals surface area contributed by atoms with E-state index in [1.807, 2.05) is 13.8 Å². The second-order valence-electron chi connectivity index (χ2n) is 6.96. The van der Waals surface area contributed by atoms with Gasteiger partial charge >= 0.3 is 0 Å². The van der Waals surface area contributed by atoms with Gasteiger partial charge in [0, 0.05) is 30.8 Å². The summed E-state index contributed by atoms with van der Waals surface area (Å²) in [6, 6.07) is 12.3. The van der Waals surface area contributed by atoms with E-state index < -0.39 is 0 Å². The van der Waals surface area contributed by atoms with Crippen molar-refractivity contribution in [2.24, 2.45) is 0 Å². The van der Waals surface area contributed by atoms with Crippen molar-refractivity contribution >= 4 is 11.7 Å². The molecule has 0 spiro atoms. The molecular weight excluding hydrogens is 368 g/mol. The molecule has 0 bridgehead atoms. The fourth-order valence-corrected chi connectivity index (χ4v) is 3.54. The Bertz CT molecular complexity index is 875. The predicted molar refractivity (Wildman–Crippen MR) is 112 cm³/mol. The predicted octanol–water partition coefficient (Wildman–Crippen LogP) is 3.15. The van der Waals surface area contributed by atoms with Gasteiger partial charge in [-0.05, 0) is 51.1 Å². The SMILES string of the molecule is CCOc1ccc(C(=O)c2ccccc2C(=O)N(C)C2CCNC2)cc1OCC. The van der Waals surface area contributed by atoms with Crippen LogP contribution in [-0.4, -0.2) is 56.0 Å². The fourth-order valence-electron chi connectivity index (χ4n) is 3.54. The Labute approximate surface area is 171 Å². The topological polar surface area (TPSA) is 67.9 Å². The maximum Gasteiger partial charge on any atom is 0.254 e. The van der Waals surface area contributed by atoms with Crippen molar-refractivity contribution in [1.82, 2.24) is 10.2 Å². The summed E-state index contributed by atoms with van der Waals surface area (Å²) >= 11 is 0. The van der Waals surface area contributed by atoms with Crippen LogP contribution in [0.4, 0.5) is 0 Å². The first-order chi connectivity index (χ1) is 14.1. The molecule has 2 aromatic carbocycles. The molecule has 154 valence electrons. The number of nitrogens with zero attached hydrogens (tertiary/aromatic N) is 1. The lowest BCUT2D eigenvalue weighted by molar-refractivity contribution is 0.0739. The molecule has 29 heavy (non-hydrogen) atoms. The molecule has 1 atom stereocenters. The summed E-state index contributed by atoms with van der Waals surface area (Å²) < 4.78 is 11.2. The number of ether oxygens (including phenoxy) is 2. The molecule has 1 N–H and O–H groups in total. The molecule has 3 rings (SSSR count). The molecule has 2 aromatic rings. The maximum absolute atomic E-state index is 13.3. The molecule has 1 aliphatic heterocycles. The van der Waals surface area contributed by atoms with E-state index >= 15 is 0 Å². The van der Waals surface area contributed by atoms with Gasteiger partial charge in [0.2, 0.25) is 0 Å². The molecule has 0 saturated carbocycles. The zero-order valence-corrected chi connectivity index (χ0v) is 17.2. The summed E-state index contributed by atoms with van der Waals surface area (Å²) in [5.41, 5.74) is 1.27. The first-order valence-electron chi connectivity index (χ1n) is 10.1. The van der Waals surface area contributed by atoms with Gasteiger partial charge in [0.15, 0.2) is 17.3 Å². The van der Waals surface area contributed by atoms with Crippen LogP contribution in [0.15, 0.2) is 42.5 Å². The van der Waals surface area contributed by atoms with Gasteiger partial charge < -0.3 is 19.7 Å². The number of rotatable bonds is 8. The van der Waals surface area contributed by atoms with E-state index in [4.69, 9.17) is 9.47 Å². The molecule has 1 amide bonds. The largest absolute Gasteiger partial charge is 0.490 e. The Balaban J connectivity index is 1.92. The minimum Gasteiger partial charge on any atom is -0.490 e. The molecule has 6 nitrogen and oxygen atoms in total. The minimum absolute atomic E-state index is 0.140. The highest BCUT2D eigenvalue weighted by molar-refractivity contribution is 6.15. The Hall–Kier alpha value is -2.86. The monoisotopic (exact) mass is 396 g/mol. The number of hydrogen-bond acceptors (Lipinski definition) is 5. The van der Waals surface area contributed by atoms with Crippen molar-refractivity contribution in [1.29, 1.82) is 0 Å². The number of benzene rings is 2. The number of amides is 1. The molecule has 1 aliphatic rings. The Morgan fingerprint density at radius 3 is 2.38 bits per heavy atom. The van der Waals surface area contributed by atoms with E-state index in [1.165, 1.54) is 0 Å². The van der Waals surface area contributed by atoms with Gasteiger partial charge in [-0.25, -0.2) is 0 Å². The first-order valence-corrected chi connectivity index (χ1v) is 10.1. The third kappa shape index (κ3) is 4.59. The number of nitrogens with one attached hydrogen (secondary N) is 1. The molecule has 1 heterocycles. The zero-order chi connectivity index (χ0) is 20.8. The highest BCUT2D eigenvalue weighted by Gasteiger charge is 2.27. The lowest BCUT2D eigenvalue weighted by atomic mass is 9.97. The molecule has 6 heteroatoms. The number of carbonyl (C=O) groups is 2. The van der Waals surface area contributed by atoms with Crippen LogP contribution in [-0.2, 0) is 0 Å². The van der Waals surface area contributed by atoms with Crippen molar-refractivity contribution in [2.45, 2.75) is 26.3 Å². The number of carbonyl (C=O) groups excluding carboxylic acids is 2. The van der Waals surface area contributed by atoms with E-state index in [-0.39, 0.29) is 17.7 Å². The Morgan fingerprint density at radius 2 is 1.72 bits per heavy atom. The van der Waals surface area contributed by atoms with E-state index in [1.54, 1.807) is 54.4 Å². The van der Waals surface area contributed by atoms with Crippen molar-refractivity contribution in [2.75, 3.05) is 33.4 Å². The summed E-state index contributed by atoms with van der Waals surface area (Å²) in [4.78, 5) is 28.1. The lowest BCUT2D eigenvalue weighted by Crippen LogP contribution is -2.39. The van der Waals surface area contributed by atoms with Crippen molar-refractivity contribution in [3.8, 4) is 11.5 Å². The van der Waals surface area contributed by atoms with Gasteiger partial charge in [-0.15, -0.1) is 0 Å². The number of ketones is 1. The van der Waals surface area contributed by atoms with Crippen LogP contribution >= 0.6 is 0 Å². The molecule has 0 aromatic heterocycles. The molecule has 0 radical (unpaired) electrons. The lowest BCUT2D eigenvalue weighted by Gasteiger charge is -2.24. The van der Waals surface area contributed by atoms with Gasteiger partial charge in [0.05, 0.1) is 18.8 Å². The van der Waals surface area contributed by atoms with Gasteiger partial charge in [0.25, 0.3) is 5.91 Å². The smallest absolute Gasteiger partial charge is 0.254 e. The second-order valence-corrected chi connectivity index (χ2v) is 6.96. The highest BCUT2D eigenvalue weighted by Crippen LogP contribution is 2.30. The van der Waals surface area contributed by atoms with Crippen LogP contribution in [0.5, 0.6) is 11.5 Å². The maximum atomic E-state index is 13.3. The van der Waals surface area contributed by atoms with Crippen molar-refractivity contribution in [3.05, 3.63) is 59.2 Å². The highest BCUT2D eigenvalue weighted by atomic mass is 16.5. The number of likely N-dealkylation sites (N-methyl/N-ethyl adjacent to an activating group) is 1. The van der Waals surface area contributed by atoms with Gasteiger partial charge in [-0.1, -0.05) is 18.2 Å². The van der Waals surface area contributed by atoms with Crippen LogP contribution in [0.25, 0.3) is 0 Å². The Morgan fingerprint density at radius 1 is 1.03 bits per heavy atom. The molecule has 1 fully saturated rings. The number of hydrogen-bond donors (Lipinski definition) is 1. The van der Waals surface area contributed by atoms with Gasteiger partial charge in [0.1, 0.15) is 0 Å². The standard InChI is InChI=1S/C23H28N2O4/c1-4-28-20-11-10-16(14-21(20)29-5-2)22(26)18-8-6-7-9-19(18)23(27)25(3)17-12-13-24-15-17/h6-11,14,17,24H,4-5,12-13,15H2,1-3H3. The zero-order valence-electron chi connectivity index (χ0n) is 17.2. The van der Waals surface area contributed by atoms with E-state index in [2.05, 4.69) is 5.32 Å². The minimum atomic E-state index is -0.212. The first kappa shape index (κ1) is 20.9. The average molecular weight is 396 g/mol. The summed E-state index contributed by atoms with van der Waals surface area (Å²) in [6.07, 6.45) is 0.912. The fraction of sp³-hybridized carbons (Fsp3) is 0.391. The molecule has 1 unspecified atom stereocenters. The quantitative estimate of drug-likeness (QED) is 0.695. The summed E-state index contributed by atoms with van der Waals surface area (Å²) in [6.45, 7) is 6.42.